The minimum Gasteiger partial charge on any atom is -0.478 e. The normalized spacial score (nSPS) is 18.1. The van der Waals surface area contributed by atoms with Crippen LogP contribution in [-0.2, 0) is 27.7 Å². The number of fused-ring (bicyclic) bond motifs is 2. The summed E-state index contributed by atoms with van der Waals surface area (Å²) in [7, 11) is -4.10. The fourth-order valence-electron chi connectivity index (χ4n) is 3.66. The van der Waals surface area contributed by atoms with Gasteiger partial charge in [0.15, 0.2) is 6.10 Å². The predicted octanol–water partition coefficient (Wildman–Crippen LogP) is 3.02. The summed E-state index contributed by atoms with van der Waals surface area (Å²) < 4.78 is 33.7. The van der Waals surface area contributed by atoms with Crippen LogP contribution in [0.3, 0.4) is 0 Å². The topological polar surface area (TPSA) is 102 Å². The maximum absolute atomic E-state index is 12.9. The number of carbonyl (C=O) groups excluding carboxylic acids is 2. The van der Waals surface area contributed by atoms with E-state index in [1.807, 2.05) is 13.8 Å². The quantitative estimate of drug-likeness (QED) is 0.770. The van der Waals surface area contributed by atoms with E-state index in [9.17, 15) is 18.0 Å². The molecule has 1 atom stereocenters. The second kappa shape index (κ2) is 7.14. The number of amides is 2. The highest BCUT2D eigenvalue weighted by atomic mass is 32.2. The maximum atomic E-state index is 12.9. The third-order valence-electron chi connectivity index (χ3n) is 5.14. The zero-order valence-corrected chi connectivity index (χ0v) is 18.0. The fraction of sp³-hybridized carbons (Fsp3) is 0.400. The van der Waals surface area contributed by atoms with Gasteiger partial charge in [-0.3, -0.25) is 9.59 Å². The van der Waals surface area contributed by atoms with Crippen molar-refractivity contribution in [2.75, 3.05) is 5.32 Å². The van der Waals surface area contributed by atoms with E-state index < -0.39 is 22.0 Å². The lowest BCUT2D eigenvalue weighted by molar-refractivity contribution is -0.125. The second-order valence-electron chi connectivity index (χ2n) is 7.73. The standard InChI is InChI=1S/C20H22N2O5S2/c1-10(2)18-20(24)21-13-7-11(3)17(9-14(13)27-18)29(25,26)22-19(23)16-8-12-5-4-6-15(12)28-16/h7-10,18H,4-6H2,1-3H3,(H,21,24)(H,22,23). The first-order valence-electron chi connectivity index (χ1n) is 9.46. The average molecular weight is 435 g/mol. The number of hydrogen-bond donors (Lipinski definition) is 2. The monoisotopic (exact) mass is 434 g/mol. The summed E-state index contributed by atoms with van der Waals surface area (Å²) in [6.07, 6.45) is 2.23. The van der Waals surface area contributed by atoms with Crippen LogP contribution in [-0.4, -0.2) is 26.3 Å². The van der Waals surface area contributed by atoms with E-state index in [4.69, 9.17) is 4.74 Å². The van der Waals surface area contributed by atoms with E-state index >= 15 is 0 Å². The van der Waals surface area contributed by atoms with Crippen LogP contribution in [0.4, 0.5) is 5.69 Å². The Morgan fingerprint density at radius 1 is 1.28 bits per heavy atom. The van der Waals surface area contributed by atoms with Crippen LogP contribution in [0.5, 0.6) is 5.75 Å². The van der Waals surface area contributed by atoms with Gasteiger partial charge in [-0.05, 0) is 55.4 Å². The Morgan fingerprint density at radius 2 is 2.03 bits per heavy atom. The lowest BCUT2D eigenvalue weighted by atomic mass is 10.0. The van der Waals surface area contributed by atoms with Gasteiger partial charge < -0.3 is 10.1 Å². The van der Waals surface area contributed by atoms with E-state index in [0.29, 0.717) is 16.1 Å². The number of nitrogens with one attached hydrogen (secondary N) is 2. The molecule has 0 saturated heterocycles. The summed E-state index contributed by atoms with van der Waals surface area (Å²) >= 11 is 1.35. The number of benzene rings is 1. The van der Waals surface area contributed by atoms with Crippen LogP contribution in [0, 0.1) is 12.8 Å². The predicted molar refractivity (Wildman–Crippen MR) is 110 cm³/mol. The molecule has 0 saturated carbocycles. The highest BCUT2D eigenvalue weighted by molar-refractivity contribution is 7.90. The Balaban J connectivity index is 1.62. The molecule has 0 spiro atoms. The lowest BCUT2D eigenvalue weighted by Gasteiger charge is -2.29. The van der Waals surface area contributed by atoms with E-state index in [1.54, 1.807) is 19.1 Å². The van der Waals surface area contributed by atoms with Gasteiger partial charge in [-0.2, -0.15) is 0 Å². The molecule has 4 rings (SSSR count). The summed E-state index contributed by atoms with van der Waals surface area (Å²) in [6, 6.07) is 4.69. The van der Waals surface area contributed by atoms with Crippen LogP contribution in [0.25, 0.3) is 0 Å². The minimum absolute atomic E-state index is 0.0487. The number of ether oxygens (including phenoxy) is 1. The first-order valence-corrected chi connectivity index (χ1v) is 11.8. The van der Waals surface area contributed by atoms with Crippen LogP contribution < -0.4 is 14.8 Å². The molecule has 2 aromatic rings. The molecule has 7 nitrogen and oxygen atoms in total. The molecule has 1 aliphatic heterocycles. The zero-order valence-electron chi connectivity index (χ0n) is 16.4. The summed E-state index contributed by atoms with van der Waals surface area (Å²) in [6.45, 7) is 5.30. The first kappa shape index (κ1) is 19.9. The molecule has 2 amide bonds. The van der Waals surface area contributed by atoms with Crippen molar-refractivity contribution in [1.29, 1.82) is 0 Å². The first-order chi connectivity index (χ1) is 13.7. The SMILES string of the molecule is Cc1cc2c(cc1S(=O)(=O)NC(=O)c1cc3c(s1)CCC3)OC(C(C)C)C(=O)N2. The third kappa shape index (κ3) is 3.64. The van der Waals surface area contributed by atoms with E-state index in [-0.39, 0.29) is 22.5 Å². The molecule has 0 fully saturated rings. The Hall–Kier alpha value is -2.39. The molecule has 1 aromatic heterocycles. The molecule has 29 heavy (non-hydrogen) atoms. The summed E-state index contributed by atoms with van der Waals surface area (Å²) in [5, 5.41) is 2.75. The van der Waals surface area contributed by atoms with Crippen LogP contribution in [0.1, 0.15) is 45.9 Å². The van der Waals surface area contributed by atoms with Crippen molar-refractivity contribution < 1.29 is 22.7 Å². The molecule has 2 heterocycles. The van der Waals surface area contributed by atoms with Gasteiger partial charge in [-0.1, -0.05) is 13.8 Å². The number of carbonyl (C=O) groups is 2. The largest absolute Gasteiger partial charge is 0.478 e. The van der Waals surface area contributed by atoms with Crippen molar-refractivity contribution in [2.24, 2.45) is 5.92 Å². The fourth-order valence-corrected chi connectivity index (χ4v) is 6.08. The Bertz CT molecular complexity index is 1100. The van der Waals surface area contributed by atoms with Gasteiger partial charge in [0.1, 0.15) is 5.75 Å². The number of thiophene rings is 1. The molecule has 2 N–H and O–H groups in total. The Morgan fingerprint density at radius 3 is 2.72 bits per heavy atom. The minimum atomic E-state index is -4.10. The maximum Gasteiger partial charge on any atom is 0.275 e. The van der Waals surface area contributed by atoms with E-state index in [0.717, 1.165) is 29.7 Å². The molecule has 0 bridgehead atoms. The number of hydrogen-bond acceptors (Lipinski definition) is 6. The van der Waals surface area contributed by atoms with Crippen molar-refractivity contribution in [3.8, 4) is 5.75 Å². The van der Waals surface area contributed by atoms with Gasteiger partial charge in [0.25, 0.3) is 21.8 Å². The van der Waals surface area contributed by atoms with Crippen molar-refractivity contribution >= 4 is 38.9 Å². The average Bonchev–Trinajstić information content (AvgIpc) is 3.21. The van der Waals surface area contributed by atoms with Gasteiger partial charge in [0, 0.05) is 10.9 Å². The molecule has 1 aliphatic carbocycles. The molecular formula is C20H22N2O5S2. The Labute approximate surface area is 173 Å². The number of sulfonamides is 1. The lowest BCUT2D eigenvalue weighted by Crippen LogP contribution is -2.40. The van der Waals surface area contributed by atoms with Crippen molar-refractivity contribution in [3.05, 3.63) is 39.1 Å². The van der Waals surface area contributed by atoms with Crippen LogP contribution >= 0.6 is 11.3 Å². The molecule has 1 aromatic carbocycles. The summed E-state index contributed by atoms with van der Waals surface area (Å²) in [5.41, 5.74) is 1.96. The Kier molecular flexibility index (Phi) is 4.90. The second-order valence-corrected chi connectivity index (χ2v) is 10.5. The molecule has 0 radical (unpaired) electrons. The molecule has 9 heteroatoms. The number of anilines is 1. The van der Waals surface area contributed by atoms with Crippen LogP contribution in [0.15, 0.2) is 23.1 Å². The van der Waals surface area contributed by atoms with Gasteiger partial charge in [-0.15, -0.1) is 11.3 Å². The smallest absolute Gasteiger partial charge is 0.275 e. The van der Waals surface area contributed by atoms with Gasteiger partial charge in [0.05, 0.1) is 15.5 Å². The van der Waals surface area contributed by atoms with Crippen molar-refractivity contribution in [2.45, 2.75) is 51.0 Å². The van der Waals surface area contributed by atoms with Crippen molar-refractivity contribution in [3.63, 3.8) is 0 Å². The van der Waals surface area contributed by atoms with Crippen LogP contribution in [0.2, 0.25) is 0 Å². The van der Waals surface area contributed by atoms with E-state index in [1.165, 1.54) is 17.4 Å². The molecule has 1 unspecified atom stereocenters. The number of aryl methyl sites for hydroxylation is 3. The molecular weight excluding hydrogens is 412 g/mol. The third-order valence-corrected chi connectivity index (χ3v) is 7.85. The molecule has 2 aliphatic rings. The highest BCUT2D eigenvalue weighted by Crippen LogP contribution is 2.36. The molecule has 154 valence electrons. The zero-order chi connectivity index (χ0) is 20.9. The summed E-state index contributed by atoms with van der Waals surface area (Å²) in [4.78, 5) is 26.2. The number of rotatable bonds is 4. The van der Waals surface area contributed by atoms with Gasteiger partial charge >= 0.3 is 0 Å². The highest BCUT2D eigenvalue weighted by Gasteiger charge is 2.32. The van der Waals surface area contributed by atoms with Gasteiger partial charge in [-0.25, -0.2) is 13.1 Å². The summed E-state index contributed by atoms with van der Waals surface area (Å²) in [5.74, 6) is -0.695. The van der Waals surface area contributed by atoms with Gasteiger partial charge in [0.2, 0.25) is 0 Å². The van der Waals surface area contributed by atoms with E-state index in [2.05, 4.69) is 10.0 Å². The van der Waals surface area contributed by atoms with Crippen molar-refractivity contribution in [1.82, 2.24) is 4.72 Å².